The first-order valence-corrected chi connectivity index (χ1v) is 6.38. The van der Waals surface area contributed by atoms with Gasteiger partial charge in [0, 0.05) is 0 Å². The fourth-order valence-corrected chi connectivity index (χ4v) is 1.91. The van der Waals surface area contributed by atoms with Gasteiger partial charge >= 0.3 is 5.97 Å². The molecule has 0 atom stereocenters. The largest absolute Gasteiger partial charge is 0.475 e. The number of benzene rings is 1. The summed E-state index contributed by atoms with van der Waals surface area (Å²) in [5, 5.41) is 12.8. The Labute approximate surface area is 111 Å². The molecule has 0 spiro atoms. The zero-order valence-electron chi connectivity index (χ0n) is 11.1. The molecule has 2 rings (SSSR count). The fourth-order valence-electron chi connectivity index (χ4n) is 1.91. The molecule has 0 saturated heterocycles. The molecule has 19 heavy (non-hydrogen) atoms. The first-order valence-electron chi connectivity index (χ1n) is 6.38. The van der Waals surface area contributed by atoms with Gasteiger partial charge < -0.3 is 5.11 Å². The zero-order chi connectivity index (χ0) is 13.8. The van der Waals surface area contributed by atoms with Crippen LogP contribution in [0.1, 0.15) is 41.8 Å². The van der Waals surface area contributed by atoms with Crippen molar-refractivity contribution in [1.29, 1.82) is 0 Å². The maximum Gasteiger partial charge on any atom is 0.375 e. The van der Waals surface area contributed by atoms with Gasteiger partial charge in [-0.05, 0) is 37.5 Å². The Morgan fingerprint density at radius 3 is 2.53 bits per heavy atom. The SMILES string of the molecule is CCCCc1ccc(-n2nc(C(=O)O)nc2C)cc1. The Bertz CT molecular complexity index is 573. The number of aryl methyl sites for hydroxylation is 2. The monoisotopic (exact) mass is 259 g/mol. The molecule has 0 aliphatic carbocycles. The summed E-state index contributed by atoms with van der Waals surface area (Å²) in [5.74, 6) is -0.715. The molecule has 0 aliphatic rings. The number of hydrogen-bond acceptors (Lipinski definition) is 3. The second-order valence-corrected chi connectivity index (χ2v) is 4.47. The first-order chi connectivity index (χ1) is 9.11. The molecular weight excluding hydrogens is 242 g/mol. The summed E-state index contributed by atoms with van der Waals surface area (Å²) in [6.07, 6.45) is 3.41. The Morgan fingerprint density at radius 1 is 1.32 bits per heavy atom. The van der Waals surface area contributed by atoms with Crippen LogP contribution in [0.5, 0.6) is 0 Å². The van der Waals surface area contributed by atoms with E-state index in [1.165, 1.54) is 18.4 Å². The predicted octanol–water partition coefficient (Wildman–Crippen LogP) is 2.62. The van der Waals surface area contributed by atoms with Gasteiger partial charge in [-0.15, -0.1) is 5.10 Å². The number of carboxylic acid groups (broad SMARTS) is 1. The van der Waals surface area contributed by atoms with Crippen LogP contribution in [0.15, 0.2) is 24.3 Å². The third-order valence-corrected chi connectivity index (χ3v) is 2.96. The third-order valence-electron chi connectivity index (χ3n) is 2.96. The smallest absolute Gasteiger partial charge is 0.375 e. The van der Waals surface area contributed by atoms with Crippen molar-refractivity contribution >= 4 is 5.97 Å². The van der Waals surface area contributed by atoms with E-state index in [4.69, 9.17) is 5.11 Å². The van der Waals surface area contributed by atoms with Gasteiger partial charge in [0.25, 0.3) is 5.82 Å². The van der Waals surface area contributed by atoms with Crippen LogP contribution in [-0.4, -0.2) is 25.8 Å². The number of rotatable bonds is 5. The highest BCUT2D eigenvalue weighted by atomic mass is 16.4. The minimum Gasteiger partial charge on any atom is -0.475 e. The van der Waals surface area contributed by atoms with Crippen LogP contribution in [-0.2, 0) is 6.42 Å². The molecule has 0 amide bonds. The number of aromatic carboxylic acids is 1. The second-order valence-electron chi connectivity index (χ2n) is 4.47. The minimum atomic E-state index is -1.11. The standard InChI is InChI=1S/C14H17N3O2/c1-3-4-5-11-6-8-12(9-7-11)17-10(2)15-13(16-17)14(18)19/h6-9H,3-5H2,1-2H3,(H,18,19). The highest BCUT2D eigenvalue weighted by Crippen LogP contribution is 2.13. The summed E-state index contributed by atoms with van der Waals surface area (Å²) in [6, 6.07) is 7.98. The average Bonchev–Trinajstić information content (AvgIpc) is 2.79. The highest BCUT2D eigenvalue weighted by Gasteiger charge is 2.13. The predicted molar refractivity (Wildman–Crippen MR) is 71.7 cm³/mol. The summed E-state index contributed by atoms with van der Waals surface area (Å²) >= 11 is 0. The van der Waals surface area contributed by atoms with Gasteiger partial charge in [-0.2, -0.15) is 0 Å². The summed E-state index contributed by atoms with van der Waals surface area (Å²) in [4.78, 5) is 14.7. The molecule has 0 radical (unpaired) electrons. The summed E-state index contributed by atoms with van der Waals surface area (Å²) in [5.41, 5.74) is 2.11. The van der Waals surface area contributed by atoms with E-state index in [0.717, 1.165) is 12.1 Å². The second kappa shape index (κ2) is 5.65. The van der Waals surface area contributed by atoms with E-state index in [-0.39, 0.29) is 5.82 Å². The topological polar surface area (TPSA) is 68.0 Å². The number of carbonyl (C=O) groups is 1. The number of aromatic nitrogens is 3. The first kappa shape index (κ1) is 13.3. The van der Waals surface area contributed by atoms with Crippen molar-refractivity contribution < 1.29 is 9.90 Å². The molecule has 0 saturated carbocycles. The molecule has 1 N–H and O–H groups in total. The number of unbranched alkanes of at least 4 members (excludes halogenated alkanes) is 1. The molecular formula is C14H17N3O2. The number of carboxylic acids is 1. The van der Waals surface area contributed by atoms with Gasteiger partial charge in [0.2, 0.25) is 0 Å². The van der Waals surface area contributed by atoms with E-state index in [1.54, 1.807) is 11.6 Å². The van der Waals surface area contributed by atoms with Crippen molar-refractivity contribution in [2.24, 2.45) is 0 Å². The molecule has 5 heteroatoms. The minimum absolute atomic E-state index is 0.174. The molecule has 1 aromatic heterocycles. The molecule has 1 heterocycles. The summed E-state index contributed by atoms with van der Waals surface area (Å²) < 4.78 is 1.55. The lowest BCUT2D eigenvalue weighted by atomic mass is 10.1. The molecule has 0 unspecified atom stereocenters. The van der Waals surface area contributed by atoms with Gasteiger partial charge in [0.1, 0.15) is 5.82 Å². The highest BCUT2D eigenvalue weighted by molar-refractivity contribution is 5.83. The van der Waals surface area contributed by atoms with Gasteiger partial charge in [0.05, 0.1) is 5.69 Å². The van der Waals surface area contributed by atoms with Crippen LogP contribution in [0.3, 0.4) is 0 Å². The lowest BCUT2D eigenvalue weighted by Gasteiger charge is -2.04. The molecule has 100 valence electrons. The van der Waals surface area contributed by atoms with E-state index in [9.17, 15) is 4.79 Å². The van der Waals surface area contributed by atoms with E-state index >= 15 is 0 Å². The van der Waals surface area contributed by atoms with Gasteiger partial charge in [-0.25, -0.2) is 14.5 Å². The Balaban J connectivity index is 2.24. The lowest BCUT2D eigenvalue weighted by molar-refractivity contribution is 0.0683. The molecule has 0 bridgehead atoms. The van der Waals surface area contributed by atoms with E-state index < -0.39 is 5.97 Å². The van der Waals surface area contributed by atoms with Crippen LogP contribution in [0.4, 0.5) is 0 Å². The van der Waals surface area contributed by atoms with Crippen LogP contribution in [0, 0.1) is 6.92 Å². The van der Waals surface area contributed by atoms with Crippen molar-refractivity contribution in [3.05, 3.63) is 41.5 Å². The molecule has 2 aromatic rings. The van der Waals surface area contributed by atoms with Crippen LogP contribution in [0.25, 0.3) is 5.69 Å². The summed E-state index contributed by atoms with van der Waals surface area (Å²) in [6.45, 7) is 3.91. The van der Waals surface area contributed by atoms with Crippen LogP contribution >= 0.6 is 0 Å². The lowest BCUT2D eigenvalue weighted by Crippen LogP contribution is -2.02. The van der Waals surface area contributed by atoms with Gasteiger partial charge in [-0.1, -0.05) is 25.5 Å². The van der Waals surface area contributed by atoms with Crippen LogP contribution in [0.2, 0.25) is 0 Å². The Hall–Kier alpha value is -2.17. The van der Waals surface area contributed by atoms with E-state index in [1.807, 2.05) is 24.3 Å². The molecule has 1 aromatic carbocycles. The summed E-state index contributed by atoms with van der Waals surface area (Å²) in [7, 11) is 0. The van der Waals surface area contributed by atoms with Crippen molar-refractivity contribution in [1.82, 2.24) is 14.8 Å². The molecule has 5 nitrogen and oxygen atoms in total. The third kappa shape index (κ3) is 2.99. The zero-order valence-corrected chi connectivity index (χ0v) is 11.1. The van der Waals surface area contributed by atoms with Crippen molar-refractivity contribution in [2.75, 3.05) is 0 Å². The quantitative estimate of drug-likeness (QED) is 0.896. The fraction of sp³-hybridized carbons (Fsp3) is 0.357. The molecule has 0 aliphatic heterocycles. The Morgan fingerprint density at radius 2 is 2.00 bits per heavy atom. The van der Waals surface area contributed by atoms with Crippen LogP contribution < -0.4 is 0 Å². The van der Waals surface area contributed by atoms with Crippen molar-refractivity contribution in [2.45, 2.75) is 33.1 Å². The molecule has 0 fully saturated rings. The maximum atomic E-state index is 10.8. The van der Waals surface area contributed by atoms with Gasteiger partial charge in [-0.3, -0.25) is 0 Å². The maximum absolute atomic E-state index is 10.8. The normalized spacial score (nSPS) is 10.6. The van der Waals surface area contributed by atoms with E-state index in [0.29, 0.717) is 5.82 Å². The van der Waals surface area contributed by atoms with E-state index in [2.05, 4.69) is 17.0 Å². The number of hydrogen-bond donors (Lipinski definition) is 1. The number of nitrogens with zero attached hydrogens (tertiary/aromatic N) is 3. The van der Waals surface area contributed by atoms with Crippen molar-refractivity contribution in [3.63, 3.8) is 0 Å². The Kier molecular flexibility index (Phi) is 3.94. The van der Waals surface area contributed by atoms with Crippen molar-refractivity contribution in [3.8, 4) is 5.69 Å². The van der Waals surface area contributed by atoms with Gasteiger partial charge in [0.15, 0.2) is 0 Å². The average molecular weight is 259 g/mol.